The molecule has 2 amide bonds. The Labute approximate surface area is 200 Å². The van der Waals surface area contributed by atoms with E-state index in [0.29, 0.717) is 17.8 Å². The van der Waals surface area contributed by atoms with Gasteiger partial charge in [0.15, 0.2) is 0 Å². The second-order valence-corrected chi connectivity index (χ2v) is 8.51. The Morgan fingerprint density at radius 3 is 2.62 bits per heavy atom. The van der Waals surface area contributed by atoms with Crippen molar-refractivity contribution in [2.75, 3.05) is 13.2 Å². The average Bonchev–Trinajstić information content (AvgIpc) is 3.48. The quantitative estimate of drug-likeness (QED) is 0.479. The van der Waals surface area contributed by atoms with Gasteiger partial charge in [0, 0.05) is 6.20 Å². The minimum atomic E-state index is -0.612. The van der Waals surface area contributed by atoms with Crippen LogP contribution in [0.1, 0.15) is 29.8 Å². The van der Waals surface area contributed by atoms with E-state index >= 15 is 0 Å². The number of thiophene rings is 1. The summed E-state index contributed by atoms with van der Waals surface area (Å²) in [4.78, 5) is 38.3. The van der Waals surface area contributed by atoms with Gasteiger partial charge in [0.2, 0.25) is 0 Å². The molecule has 0 spiro atoms. The summed E-state index contributed by atoms with van der Waals surface area (Å²) >= 11 is 1.46. The summed E-state index contributed by atoms with van der Waals surface area (Å²) in [5.74, 6) is -1.19. The van der Waals surface area contributed by atoms with Crippen LogP contribution in [0.15, 0.2) is 65.3 Å². The highest BCUT2D eigenvalue weighted by Crippen LogP contribution is 2.28. The fraction of sp³-hybridized carbons (Fsp3) is 0.250. The molecule has 0 aliphatic carbocycles. The van der Waals surface area contributed by atoms with Crippen LogP contribution in [-0.2, 0) is 20.8 Å². The van der Waals surface area contributed by atoms with Crippen LogP contribution in [0.2, 0.25) is 0 Å². The van der Waals surface area contributed by atoms with Gasteiger partial charge in [0.05, 0.1) is 35.3 Å². The number of hydrogen-bond acceptors (Lipinski definition) is 7. The number of aromatic nitrogens is 2. The number of benzene rings is 1. The number of amides is 2. The largest absolute Gasteiger partial charge is 0.463 e. The fourth-order valence-electron chi connectivity index (χ4n) is 3.63. The van der Waals surface area contributed by atoms with E-state index in [1.807, 2.05) is 47.8 Å². The molecule has 10 heteroatoms. The highest BCUT2D eigenvalue weighted by atomic mass is 32.1. The van der Waals surface area contributed by atoms with Gasteiger partial charge in [0.1, 0.15) is 17.9 Å². The van der Waals surface area contributed by atoms with Gasteiger partial charge in [-0.2, -0.15) is 5.10 Å². The molecule has 4 rings (SSSR count). The minimum Gasteiger partial charge on any atom is -0.463 e. The standard InChI is InChI=1S/C24H24N4O5S/c1-3-32-23(30)20-15(2)25-24(31)26-18(20)14-33-22(29)17-13-28(12-16-8-5-4-6-9-16)27-21(17)19-10-7-11-34-19/h4-11,13,15H,3,12,14H2,1-2H3,(H2,25,26,31)/t15-/m0/s1. The van der Waals surface area contributed by atoms with Crippen molar-refractivity contribution in [3.63, 3.8) is 0 Å². The molecule has 176 valence electrons. The maximum Gasteiger partial charge on any atom is 0.342 e. The lowest BCUT2D eigenvalue weighted by molar-refractivity contribution is -0.139. The van der Waals surface area contributed by atoms with E-state index in [1.165, 1.54) is 11.3 Å². The van der Waals surface area contributed by atoms with Gasteiger partial charge in [-0.05, 0) is 30.9 Å². The number of esters is 2. The summed E-state index contributed by atoms with van der Waals surface area (Å²) in [6, 6.07) is 12.5. The molecule has 2 N–H and O–H groups in total. The summed E-state index contributed by atoms with van der Waals surface area (Å²) in [6.45, 7) is 3.73. The van der Waals surface area contributed by atoms with Gasteiger partial charge < -0.3 is 20.1 Å². The Morgan fingerprint density at radius 2 is 1.91 bits per heavy atom. The van der Waals surface area contributed by atoms with Crippen molar-refractivity contribution in [1.82, 2.24) is 20.4 Å². The first kappa shape index (κ1) is 23.2. The molecule has 3 heterocycles. The SMILES string of the molecule is CCOC(=O)C1=C(COC(=O)c2cn(Cc3ccccc3)nc2-c2cccs2)NC(=O)N[C@H]1C. The number of nitrogens with zero attached hydrogens (tertiary/aromatic N) is 2. The van der Waals surface area contributed by atoms with Crippen LogP contribution >= 0.6 is 11.3 Å². The average molecular weight is 481 g/mol. The smallest absolute Gasteiger partial charge is 0.342 e. The Balaban J connectivity index is 1.59. The Kier molecular flexibility index (Phi) is 7.07. The second kappa shape index (κ2) is 10.3. The summed E-state index contributed by atoms with van der Waals surface area (Å²) in [7, 11) is 0. The van der Waals surface area contributed by atoms with E-state index in [-0.39, 0.29) is 24.5 Å². The number of hydrogen-bond donors (Lipinski definition) is 2. The van der Waals surface area contributed by atoms with Crippen LogP contribution in [0.25, 0.3) is 10.6 Å². The molecule has 9 nitrogen and oxygen atoms in total. The third-order valence-electron chi connectivity index (χ3n) is 5.14. The van der Waals surface area contributed by atoms with Crippen molar-refractivity contribution >= 4 is 29.3 Å². The van der Waals surface area contributed by atoms with E-state index < -0.39 is 24.0 Å². The van der Waals surface area contributed by atoms with Crippen molar-refractivity contribution < 1.29 is 23.9 Å². The third-order valence-corrected chi connectivity index (χ3v) is 6.01. The molecular formula is C24H24N4O5S. The Hall–Kier alpha value is -3.92. The number of ether oxygens (including phenoxy) is 2. The molecule has 1 aromatic carbocycles. The Bertz CT molecular complexity index is 1220. The molecule has 3 aromatic rings. The monoisotopic (exact) mass is 480 g/mol. The summed E-state index contributed by atoms with van der Waals surface area (Å²) in [5.41, 5.74) is 2.26. The predicted octanol–water partition coefficient (Wildman–Crippen LogP) is 3.34. The molecule has 34 heavy (non-hydrogen) atoms. The highest BCUT2D eigenvalue weighted by Gasteiger charge is 2.31. The second-order valence-electron chi connectivity index (χ2n) is 7.56. The normalized spacial score (nSPS) is 15.5. The summed E-state index contributed by atoms with van der Waals surface area (Å²) in [5, 5.41) is 11.7. The molecule has 0 fully saturated rings. The van der Waals surface area contributed by atoms with Crippen LogP contribution in [0.3, 0.4) is 0 Å². The van der Waals surface area contributed by atoms with Crippen molar-refractivity contribution in [1.29, 1.82) is 0 Å². The van der Waals surface area contributed by atoms with Gasteiger partial charge in [-0.3, -0.25) is 4.68 Å². The molecule has 0 radical (unpaired) electrons. The van der Waals surface area contributed by atoms with Gasteiger partial charge in [-0.1, -0.05) is 36.4 Å². The lowest BCUT2D eigenvalue weighted by Crippen LogP contribution is -2.50. The molecule has 1 atom stereocenters. The van der Waals surface area contributed by atoms with Crippen LogP contribution in [-0.4, -0.2) is 47.0 Å². The van der Waals surface area contributed by atoms with Gasteiger partial charge in [-0.25, -0.2) is 14.4 Å². The van der Waals surface area contributed by atoms with Crippen molar-refractivity contribution in [3.8, 4) is 10.6 Å². The lowest BCUT2D eigenvalue weighted by Gasteiger charge is -2.26. The molecule has 1 aliphatic rings. The molecule has 2 aromatic heterocycles. The van der Waals surface area contributed by atoms with Crippen LogP contribution in [0, 0.1) is 0 Å². The molecule has 1 aliphatic heterocycles. The summed E-state index contributed by atoms with van der Waals surface area (Å²) < 4.78 is 12.3. The zero-order valence-corrected chi connectivity index (χ0v) is 19.6. The van der Waals surface area contributed by atoms with Crippen molar-refractivity contribution in [2.24, 2.45) is 0 Å². The van der Waals surface area contributed by atoms with E-state index in [2.05, 4.69) is 15.7 Å². The van der Waals surface area contributed by atoms with E-state index in [1.54, 1.807) is 24.7 Å². The molecular weight excluding hydrogens is 456 g/mol. The number of nitrogens with one attached hydrogen (secondary N) is 2. The lowest BCUT2D eigenvalue weighted by atomic mass is 10.0. The predicted molar refractivity (Wildman–Crippen MR) is 126 cm³/mol. The number of carbonyl (C=O) groups excluding carboxylic acids is 3. The highest BCUT2D eigenvalue weighted by molar-refractivity contribution is 7.13. The number of rotatable bonds is 8. The van der Waals surface area contributed by atoms with Crippen molar-refractivity contribution in [3.05, 3.63) is 76.4 Å². The van der Waals surface area contributed by atoms with Crippen molar-refractivity contribution in [2.45, 2.75) is 26.4 Å². The Morgan fingerprint density at radius 1 is 1.12 bits per heavy atom. The van der Waals surface area contributed by atoms with E-state index in [4.69, 9.17) is 9.47 Å². The van der Waals surface area contributed by atoms with Gasteiger partial charge >= 0.3 is 18.0 Å². The maximum absolute atomic E-state index is 13.1. The number of urea groups is 1. The van der Waals surface area contributed by atoms with E-state index in [0.717, 1.165) is 10.4 Å². The molecule has 0 saturated heterocycles. The number of carbonyl (C=O) groups is 3. The zero-order chi connectivity index (χ0) is 24.1. The molecule has 0 saturated carbocycles. The first-order valence-corrected chi connectivity index (χ1v) is 11.6. The first-order valence-electron chi connectivity index (χ1n) is 10.8. The zero-order valence-electron chi connectivity index (χ0n) is 18.7. The van der Waals surface area contributed by atoms with E-state index in [9.17, 15) is 14.4 Å². The fourth-order valence-corrected chi connectivity index (χ4v) is 4.35. The first-order chi connectivity index (χ1) is 16.5. The van der Waals surface area contributed by atoms with Crippen LogP contribution < -0.4 is 10.6 Å². The van der Waals surface area contributed by atoms with Gasteiger partial charge in [-0.15, -0.1) is 11.3 Å². The summed E-state index contributed by atoms with van der Waals surface area (Å²) in [6.07, 6.45) is 1.65. The third kappa shape index (κ3) is 5.18. The molecule has 0 bridgehead atoms. The minimum absolute atomic E-state index is 0.181. The van der Waals surface area contributed by atoms with Crippen LogP contribution in [0.4, 0.5) is 4.79 Å². The topological polar surface area (TPSA) is 112 Å². The maximum atomic E-state index is 13.1. The molecule has 0 unspecified atom stereocenters. The van der Waals surface area contributed by atoms with Crippen LogP contribution in [0.5, 0.6) is 0 Å². The van der Waals surface area contributed by atoms with Gasteiger partial charge in [0.25, 0.3) is 0 Å².